The first-order chi connectivity index (χ1) is 9.93. The molecule has 0 bridgehead atoms. The Balaban J connectivity index is 2.48. The molecule has 6 nitrogen and oxygen atoms in total. The highest BCUT2D eigenvalue weighted by Crippen LogP contribution is 2.37. The number of ether oxygens (including phenoxy) is 1. The molecule has 0 atom stereocenters. The summed E-state index contributed by atoms with van der Waals surface area (Å²) in [6.07, 6.45) is 0.749. The first-order valence-electron chi connectivity index (χ1n) is 6.28. The van der Waals surface area contributed by atoms with Gasteiger partial charge in [0.1, 0.15) is 17.3 Å². The van der Waals surface area contributed by atoms with Crippen molar-refractivity contribution in [2.45, 2.75) is 26.8 Å². The van der Waals surface area contributed by atoms with Crippen LogP contribution in [-0.2, 0) is 6.54 Å². The van der Waals surface area contributed by atoms with Crippen LogP contribution in [0, 0.1) is 22.9 Å². The summed E-state index contributed by atoms with van der Waals surface area (Å²) >= 11 is 3.17. The van der Waals surface area contributed by atoms with E-state index in [1.165, 1.54) is 22.9 Å². The molecule has 0 aliphatic carbocycles. The molecule has 1 heterocycles. The van der Waals surface area contributed by atoms with Crippen LogP contribution in [0.25, 0.3) is 0 Å². The zero-order chi connectivity index (χ0) is 15.6. The highest BCUT2D eigenvalue weighted by molar-refractivity contribution is 9.10. The quantitative estimate of drug-likeness (QED) is 0.593. The van der Waals surface area contributed by atoms with E-state index in [1.807, 2.05) is 6.92 Å². The third kappa shape index (κ3) is 3.21. The Bertz CT molecular complexity index is 688. The van der Waals surface area contributed by atoms with Crippen molar-refractivity contribution < 1.29 is 14.1 Å². The van der Waals surface area contributed by atoms with Crippen LogP contribution >= 0.6 is 15.9 Å². The van der Waals surface area contributed by atoms with Gasteiger partial charge in [-0.1, -0.05) is 6.92 Å². The molecule has 0 saturated heterocycles. The maximum Gasteiger partial charge on any atom is 0.353 e. The van der Waals surface area contributed by atoms with Gasteiger partial charge in [0.25, 0.3) is 5.88 Å². The van der Waals surface area contributed by atoms with Crippen molar-refractivity contribution in [2.75, 3.05) is 0 Å². The van der Waals surface area contributed by atoms with Crippen LogP contribution in [0.5, 0.6) is 11.6 Å². The van der Waals surface area contributed by atoms with Gasteiger partial charge in [-0.2, -0.15) is 5.10 Å². The van der Waals surface area contributed by atoms with E-state index in [-0.39, 0.29) is 23.0 Å². The minimum absolute atomic E-state index is 0.0478. The molecule has 1 aromatic carbocycles. The smallest absolute Gasteiger partial charge is 0.353 e. The summed E-state index contributed by atoms with van der Waals surface area (Å²) < 4.78 is 20.5. The Morgan fingerprint density at radius 3 is 2.81 bits per heavy atom. The molecule has 2 rings (SSSR count). The van der Waals surface area contributed by atoms with Crippen LogP contribution in [0.15, 0.2) is 22.7 Å². The second-order valence-corrected chi connectivity index (χ2v) is 5.25. The number of nitrogens with zero attached hydrogens (tertiary/aromatic N) is 3. The second-order valence-electron chi connectivity index (χ2n) is 4.40. The molecule has 0 saturated carbocycles. The van der Waals surface area contributed by atoms with Gasteiger partial charge in [-0.25, -0.2) is 9.07 Å². The summed E-state index contributed by atoms with van der Waals surface area (Å²) in [5.41, 5.74) is 0.0985. The van der Waals surface area contributed by atoms with Gasteiger partial charge in [0.2, 0.25) is 0 Å². The summed E-state index contributed by atoms with van der Waals surface area (Å²) in [7, 11) is 0. The molecule has 0 radical (unpaired) electrons. The summed E-state index contributed by atoms with van der Waals surface area (Å²) in [4.78, 5) is 10.7. The van der Waals surface area contributed by atoms with Crippen molar-refractivity contribution in [3.63, 3.8) is 0 Å². The van der Waals surface area contributed by atoms with Gasteiger partial charge >= 0.3 is 5.69 Å². The Labute approximate surface area is 128 Å². The van der Waals surface area contributed by atoms with Gasteiger partial charge in [-0.3, -0.25) is 10.1 Å². The third-order valence-electron chi connectivity index (χ3n) is 2.77. The van der Waals surface area contributed by atoms with E-state index in [0.29, 0.717) is 11.0 Å². The summed E-state index contributed by atoms with van der Waals surface area (Å²) in [6.45, 7) is 3.97. The molecule has 0 aliphatic rings. The van der Waals surface area contributed by atoms with Crippen molar-refractivity contribution in [2.24, 2.45) is 0 Å². The molecular weight excluding hydrogens is 345 g/mol. The van der Waals surface area contributed by atoms with Gasteiger partial charge in [0, 0.05) is 6.54 Å². The van der Waals surface area contributed by atoms with Crippen molar-refractivity contribution in [1.29, 1.82) is 0 Å². The topological polar surface area (TPSA) is 70.2 Å². The Kier molecular flexibility index (Phi) is 4.56. The molecule has 0 N–H and O–H groups in total. The molecule has 0 amide bonds. The van der Waals surface area contributed by atoms with Crippen molar-refractivity contribution in [3.8, 4) is 11.6 Å². The molecule has 0 aliphatic heterocycles. The van der Waals surface area contributed by atoms with Gasteiger partial charge < -0.3 is 4.74 Å². The fourth-order valence-electron chi connectivity index (χ4n) is 1.89. The largest absolute Gasteiger partial charge is 0.433 e. The first-order valence-corrected chi connectivity index (χ1v) is 7.08. The van der Waals surface area contributed by atoms with Crippen LogP contribution in [0.2, 0.25) is 0 Å². The van der Waals surface area contributed by atoms with Crippen LogP contribution in [0.4, 0.5) is 10.1 Å². The molecule has 112 valence electrons. The summed E-state index contributed by atoms with van der Waals surface area (Å²) in [5, 5.41) is 15.3. The fourth-order valence-corrected chi connectivity index (χ4v) is 2.32. The monoisotopic (exact) mass is 357 g/mol. The molecule has 0 spiro atoms. The lowest BCUT2D eigenvalue weighted by molar-refractivity contribution is -0.386. The van der Waals surface area contributed by atoms with Crippen LogP contribution < -0.4 is 4.74 Å². The van der Waals surface area contributed by atoms with Crippen molar-refractivity contribution in [1.82, 2.24) is 9.78 Å². The number of rotatable bonds is 5. The lowest BCUT2D eigenvalue weighted by Gasteiger charge is -2.09. The maximum atomic E-state index is 13.1. The third-order valence-corrected chi connectivity index (χ3v) is 3.39. The standard InChI is InChI=1S/C13H13BrFN3O3/c1-3-6-17-13(12(18(19)20)8(2)16-17)21-11-5-4-9(15)7-10(11)14/h4-5,7H,3,6H2,1-2H3. The summed E-state index contributed by atoms with van der Waals surface area (Å²) in [6, 6.07) is 3.86. The van der Waals surface area contributed by atoms with Crippen LogP contribution in [-0.4, -0.2) is 14.7 Å². The highest BCUT2D eigenvalue weighted by atomic mass is 79.9. The number of halogens is 2. The van der Waals surface area contributed by atoms with E-state index in [0.717, 1.165) is 6.42 Å². The molecule has 8 heteroatoms. The van der Waals surface area contributed by atoms with Crippen molar-refractivity contribution in [3.05, 3.63) is 44.3 Å². The molecule has 0 fully saturated rings. The molecular formula is C13H13BrFN3O3. The highest BCUT2D eigenvalue weighted by Gasteiger charge is 2.27. The van der Waals surface area contributed by atoms with Crippen LogP contribution in [0.3, 0.4) is 0 Å². The molecule has 21 heavy (non-hydrogen) atoms. The number of hydrogen-bond acceptors (Lipinski definition) is 4. The lowest BCUT2D eigenvalue weighted by atomic mass is 10.3. The van der Waals surface area contributed by atoms with Gasteiger partial charge in [-0.15, -0.1) is 0 Å². The zero-order valence-corrected chi connectivity index (χ0v) is 13.1. The van der Waals surface area contributed by atoms with E-state index >= 15 is 0 Å². The maximum absolute atomic E-state index is 13.1. The second kappa shape index (κ2) is 6.21. The predicted molar refractivity (Wildman–Crippen MR) is 78.1 cm³/mol. The van der Waals surface area contributed by atoms with E-state index in [2.05, 4.69) is 21.0 Å². The van der Waals surface area contributed by atoms with Crippen LogP contribution in [0.1, 0.15) is 19.0 Å². The Morgan fingerprint density at radius 1 is 1.52 bits per heavy atom. The number of aromatic nitrogens is 2. The summed E-state index contributed by atoms with van der Waals surface area (Å²) in [5.74, 6) is -0.0922. The fraction of sp³-hybridized carbons (Fsp3) is 0.308. The van der Waals surface area contributed by atoms with E-state index in [9.17, 15) is 14.5 Å². The van der Waals surface area contributed by atoms with Gasteiger partial charge in [0.15, 0.2) is 0 Å². The average molecular weight is 358 g/mol. The Morgan fingerprint density at radius 2 is 2.24 bits per heavy atom. The first kappa shape index (κ1) is 15.4. The number of aryl methyl sites for hydroxylation is 2. The van der Waals surface area contributed by atoms with Gasteiger partial charge in [0.05, 0.1) is 9.40 Å². The average Bonchev–Trinajstić information content (AvgIpc) is 2.69. The minimum Gasteiger partial charge on any atom is -0.433 e. The number of nitro groups is 1. The normalized spacial score (nSPS) is 10.7. The Hall–Kier alpha value is -1.96. The number of benzene rings is 1. The minimum atomic E-state index is -0.527. The van der Waals surface area contributed by atoms with E-state index < -0.39 is 10.7 Å². The van der Waals surface area contributed by atoms with Crippen molar-refractivity contribution >= 4 is 21.6 Å². The zero-order valence-electron chi connectivity index (χ0n) is 11.5. The lowest BCUT2D eigenvalue weighted by Crippen LogP contribution is -2.03. The number of hydrogen-bond donors (Lipinski definition) is 0. The van der Waals surface area contributed by atoms with Gasteiger partial charge in [-0.05, 0) is 47.5 Å². The van der Waals surface area contributed by atoms with E-state index in [1.54, 1.807) is 6.92 Å². The molecule has 0 unspecified atom stereocenters. The SMILES string of the molecule is CCCn1nc(C)c([N+](=O)[O-])c1Oc1ccc(F)cc1Br. The molecule has 1 aromatic heterocycles. The molecule has 2 aromatic rings. The predicted octanol–water partition coefficient (Wildman–Crippen LogP) is 4.20. The van der Waals surface area contributed by atoms with E-state index in [4.69, 9.17) is 4.74 Å².